The van der Waals surface area contributed by atoms with E-state index in [1.165, 1.54) is 11.3 Å². The Morgan fingerprint density at radius 3 is 2.84 bits per heavy atom. The van der Waals surface area contributed by atoms with Crippen LogP contribution in [0.15, 0.2) is 36.1 Å². The van der Waals surface area contributed by atoms with Crippen molar-refractivity contribution >= 4 is 22.9 Å². The minimum absolute atomic E-state index is 0.145. The van der Waals surface area contributed by atoms with Gasteiger partial charge < -0.3 is 19.4 Å². The number of imidazole rings is 1. The van der Waals surface area contributed by atoms with E-state index in [4.69, 9.17) is 9.47 Å². The number of anilines is 1. The van der Waals surface area contributed by atoms with Gasteiger partial charge in [0.1, 0.15) is 28.7 Å². The third-order valence-corrected chi connectivity index (χ3v) is 4.46. The fraction of sp³-hybridized carbons (Fsp3) is 0.235. The number of benzene rings is 1. The van der Waals surface area contributed by atoms with E-state index >= 15 is 0 Å². The number of carbonyl (C=O) groups excluding carboxylic acids is 1. The zero-order chi connectivity index (χ0) is 17.8. The van der Waals surface area contributed by atoms with Gasteiger partial charge in [0.25, 0.3) is 0 Å². The van der Waals surface area contributed by atoms with Gasteiger partial charge in [0.05, 0.1) is 26.2 Å². The molecule has 0 atom stereocenters. The lowest BCUT2D eigenvalue weighted by Crippen LogP contribution is -2.18. The van der Waals surface area contributed by atoms with Crippen molar-refractivity contribution in [2.45, 2.75) is 13.5 Å². The zero-order valence-electron chi connectivity index (χ0n) is 14.1. The van der Waals surface area contributed by atoms with E-state index in [1.807, 2.05) is 18.5 Å². The van der Waals surface area contributed by atoms with Gasteiger partial charge in [-0.15, -0.1) is 11.3 Å². The van der Waals surface area contributed by atoms with Gasteiger partial charge >= 0.3 is 0 Å². The molecule has 7 nitrogen and oxygen atoms in total. The number of hydrogen-bond donors (Lipinski definition) is 1. The van der Waals surface area contributed by atoms with Gasteiger partial charge in [-0.1, -0.05) is 0 Å². The second-order valence-corrected chi connectivity index (χ2v) is 6.20. The van der Waals surface area contributed by atoms with E-state index in [-0.39, 0.29) is 12.5 Å². The highest BCUT2D eigenvalue weighted by atomic mass is 32.1. The predicted octanol–water partition coefficient (Wildman–Crippen LogP) is 2.97. The lowest BCUT2D eigenvalue weighted by Gasteiger charge is -2.11. The van der Waals surface area contributed by atoms with E-state index < -0.39 is 0 Å². The number of ether oxygens (including phenoxy) is 2. The van der Waals surface area contributed by atoms with E-state index in [0.717, 1.165) is 16.4 Å². The zero-order valence-corrected chi connectivity index (χ0v) is 15.0. The van der Waals surface area contributed by atoms with Gasteiger partial charge in [-0.3, -0.25) is 4.79 Å². The fourth-order valence-corrected chi connectivity index (χ4v) is 3.04. The minimum Gasteiger partial charge on any atom is -0.497 e. The number of rotatable bonds is 6. The average Bonchev–Trinajstić information content (AvgIpc) is 3.24. The van der Waals surface area contributed by atoms with Crippen LogP contribution in [0.3, 0.4) is 0 Å². The largest absolute Gasteiger partial charge is 0.497 e. The summed E-state index contributed by atoms with van der Waals surface area (Å²) in [4.78, 5) is 21.0. The molecule has 3 aromatic rings. The van der Waals surface area contributed by atoms with Gasteiger partial charge in [-0.2, -0.15) is 0 Å². The van der Waals surface area contributed by atoms with Crippen molar-refractivity contribution in [2.24, 2.45) is 0 Å². The van der Waals surface area contributed by atoms with Gasteiger partial charge in [0.15, 0.2) is 0 Å². The standard InChI is InChI=1S/C17H18N4O3S/c1-11-9-25-17(19-11)14-7-21(10-18-14)8-16(22)20-13-5-4-12(23-2)6-15(13)24-3/h4-7,9-10H,8H2,1-3H3,(H,20,22). The summed E-state index contributed by atoms with van der Waals surface area (Å²) >= 11 is 1.53. The summed E-state index contributed by atoms with van der Waals surface area (Å²) in [6, 6.07) is 5.22. The second kappa shape index (κ2) is 7.35. The number of nitrogens with zero attached hydrogens (tertiary/aromatic N) is 3. The number of methoxy groups -OCH3 is 2. The van der Waals surface area contributed by atoms with Crippen LogP contribution in [-0.4, -0.2) is 34.7 Å². The maximum atomic E-state index is 12.3. The first-order valence-electron chi connectivity index (χ1n) is 7.55. The van der Waals surface area contributed by atoms with Crippen molar-refractivity contribution in [3.8, 4) is 22.2 Å². The summed E-state index contributed by atoms with van der Waals surface area (Å²) in [5, 5.41) is 5.64. The molecule has 2 aromatic heterocycles. The Morgan fingerprint density at radius 2 is 2.16 bits per heavy atom. The van der Waals surface area contributed by atoms with Crippen LogP contribution in [0.25, 0.3) is 10.7 Å². The molecule has 3 rings (SSSR count). The Bertz CT molecular complexity index is 888. The first kappa shape index (κ1) is 17.0. The number of hydrogen-bond acceptors (Lipinski definition) is 6. The van der Waals surface area contributed by atoms with Crippen molar-refractivity contribution in [3.05, 3.63) is 41.8 Å². The SMILES string of the molecule is COc1ccc(NC(=O)Cn2cnc(-c3nc(C)cs3)c2)c(OC)c1. The molecule has 0 radical (unpaired) electrons. The highest BCUT2D eigenvalue weighted by Crippen LogP contribution is 2.29. The Balaban J connectivity index is 1.68. The molecule has 0 unspecified atom stereocenters. The molecule has 1 aromatic carbocycles. The maximum Gasteiger partial charge on any atom is 0.244 e. The predicted molar refractivity (Wildman–Crippen MR) is 96.2 cm³/mol. The van der Waals surface area contributed by atoms with E-state index in [2.05, 4.69) is 15.3 Å². The molecule has 0 saturated carbocycles. The summed E-state index contributed by atoms with van der Waals surface area (Å²) in [6.45, 7) is 2.08. The molecule has 0 spiro atoms. The number of nitrogens with one attached hydrogen (secondary N) is 1. The van der Waals surface area contributed by atoms with Crippen molar-refractivity contribution in [1.82, 2.24) is 14.5 Å². The highest BCUT2D eigenvalue weighted by Gasteiger charge is 2.11. The molecule has 0 saturated heterocycles. The number of thiazole rings is 1. The van der Waals surface area contributed by atoms with E-state index in [0.29, 0.717) is 17.2 Å². The summed E-state index contributed by atoms with van der Waals surface area (Å²) in [5.41, 5.74) is 2.30. The molecule has 25 heavy (non-hydrogen) atoms. The number of carbonyl (C=O) groups is 1. The molecular weight excluding hydrogens is 340 g/mol. The smallest absolute Gasteiger partial charge is 0.244 e. The fourth-order valence-electron chi connectivity index (χ4n) is 2.29. The molecule has 130 valence electrons. The van der Waals surface area contributed by atoms with Crippen molar-refractivity contribution in [1.29, 1.82) is 0 Å². The van der Waals surface area contributed by atoms with Crippen LogP contribution in [0.1, 0.15) is 5.69 Å². The summed E-state index contributed by atoms with van der Waals surface area (Å²) in [7, 11) is 3.12. The Labute approximate surface area is 149 Å². The Morgan fingerprint density at radius 1 is 1.32 bits per heavy atom. The number of amides is 1. The molecular formula is C17H18N4O3S. The molecule has 1 amide bonds. The van der Waals surface area contributed by atoms with Gasteiger partial charge in [0, 0.05) is 23.3 Å². The molecule has 0 bridgehead atoms. The van der Waals surface area contributed by atoms with E-state index in [1.54, 1.807) is 43.3 Å². The molecule has 0 aliphatic heterocycles. The number of aryl methyl sites for hydroxylation is 1. The molecule has 0 fully saturated rings. The van der Waals surface area contributed by atoms with E-state index in [9.17, 15) is 4.79 Å². The monoisotopic (exact) mass is 358 g/mol. The molecule has 0 aliphatic carbocycles. The van der Waals surface area contributed by atoms with Crippen molar-refractivity contribution in [2.75, 3.05) is 19.5 Å². The van der Waals surface area contributed by atoms with Crippen LogP contribution in [0.2, 0.25) is 0 Å². The molecule has 8 heteroatoms. The van der Waals surface area contributed by atoms with Crippen LogP contribution < -0.4 is 14.8 Å². The normalized spacial score (nSPS) is 10.5. The minimum atomic E-state index is -0.178. The van der Waals surface area contributed by atoms with Gasteiger partial charge in [-0.25, -0.2) is 9.97 Å². The molecule has 1 N–H and O–H groups in total. The van der Waals surface area contributed by atoms with Crippen molar-refractivity contribution in [3.63, 3.8) is 0 Å². The highest BCUT2D eigenvalue weighted by molar-refractivity contribution is 7.13. The van der Waals surface area contributed by atoms with Crippen LogP contribution in [0.4, 0.5) is 5.69 Å². The first-order chi connectivity index (χ1) is 12.1. The quantitative estimate of drug-likeness (QED) is 0.733. The average molecular weight is 358 g/mol. The van der Waals surface area contributed by atoms with Crippen LogP contribution in [0.5, 0.6) is 11.5 Å². The van der Waals surface area contributed by atoms with Crippen LogP contribution in [0, 0.1) is 6.92 Å². The van der Waals surface area contributed by atoms with Gasteiger partial charge in [0.2, 0.25) is 5.91 Å². The second-order valence-electron chi connectivity index (χ2n) is 5.34. The Hall–Kier alpha value is -2.87. The first-order valence-corrected chi connectivity index (χ1v) is 8.43. The summed E-state index contributed by atoms with van der Waals surface area (Å²) in [6.07, 6.45) is 3.43. The molecule has 0 aliphatic rings. The van der Waals surface area contributed by atoms with Gasteiger partial charge in [-0.05, 0) is 19.1 Å². The summed E-state index contributed by atoms with van der Waals surface area (Å²) in [5.74, 6) is 1.02. The van der Waals surface area contributed by atoms with Crippen molar-refractivity contribution < 1.29 is 14.3 Å². The maximum absolute atomic E-state index is 12.3. The topological polar surface area (TPSA) is 78.3 Å². The van der Waals surface area contributed by atoms with Crippen LogP contribution in [-0.2, 0) is 11.3 Å². The summed E-state index contributed by atoms with van der Waals surface area (Å²) < 4.78 is 12.2. The molecule has 2 heterocycles. The number of aromatic nitrogens is 3. The third kappa shape index (κ3) is 3.97. The lowest BCUT2D eigenvalue weighted by molar-refractivity contribution is -0.116. The lowest BCUT2D eigenvalue weighted by atomic mass is 10.2. The Kier molecular flexibility index (Phi) is 4.99. The van der Waals surface area contributed by atoms with Crippen LogP contribution >= 0.6 is 11.3 Å². The third-order valence-electron chi connectivity index (χ3n) is 3.48.